The number of sulfonamides is 1. The van der Waals surface area contributed by atoms with Crippen LogP contribution in [0.4, 0.5) is 11.4 Å². The van der Waals surface area contributed by atoms with Crippen LogP contribution in [0.2, 0.25) is 0 Å². The van der Waals surface area contributed by atoms with E-state index in [-0.39, 0.29) is 17.4 Å². The number of aryl methyl sites for hydroxylation is 1. The molecule has 1 amide bonds. The van der Waals surface area contributed by atoms with Crippen molar-refractivity contribution in [3.8, 4) is 11.5 Å². The van der Waals surface area contributed by atoms with Gasteiger partial charge in [0.1, 0.15) is 11.5 Å². The molecule has 0 aliphatic rings. The van der Waals surface area contributed by atoms with Crippen LogP contribution in [-0.4, -0.2) is 28.0 Å². The monoisotopic (exact) mass is 426 g/mol. The molecule has 0 aliphatic carbocycles. The third-order valence-electron chi connectivity index (χ3n) is 4.16. The largest absolute Gasteiger partial charge is 0.497 e. The van der Waals surface area contributed by atoms with E-state index in [2.05, 4.69) is 10.0 Å². The quantitative estimate of drug-likeness (QED) is 0.571. The molecular formula is C22H22N2O5S. The zero-order valence-electron chi connectivity index (χ0n) is 16.6. The lowest BCUT2D eigenvalue weighted by Gasteiger charge is -2.10. The highest BCUT2D eigenvalue weighted by molar-refractivity contribution is 7.92. The van der Waals surface area contributed by atoms with Crippen molar-refractivity contribution >= 4 is 27.3 Å². The maximum absolute atomic E-state index is 12.5. The van der Waals surface area contributed by atoms with E-state index >= 15 is 0 Å². The van der Waals surface area contributed by atoms with Gasteiger partial charge in [0, 0.05) is 17.4 Å². The van der Waals surface area contributed by atoms with Crippen LogP contribution < -0.4 is 19.5 Å². The Kier molecular flexibility index (Phi) is 6.58. The molecular weight excluding hydrogens is 404 g/mol. The minimum absolute atomic E-state index is 0.0938. The number of amides is 1. The number of rotatable bonds is 8. The Morgan fingerprint density at radius 2 is 1.60 bits per heavy atom. The minimum atomic E-state index is -3.72. The molecule has 0 unspecified atom stereocenters. The molecule has 3 aromatic carbocycles. The first-order chi connectivity index (χ1) is 14.4. The maximum Gasteiger partial charge on any atom is 0.262 e. The van der Waals surface area contributed by atoms with Crippen molar-refractivity contribution in [3.05, 3.63) is 78.4 Å². The van der Waals surface area contributed by atoms with Crippen molar-refractivity contribution in [1.82, 2.24) is 0 Å². The summed E-state index contributed by atoms with van der Waals surface area (Å²) in [4.78, 5) is 12.1. The van der Waals surface area contributed by atoms with Crippen LogP contribution in [0.5, 0.6) is 11.5 Å². The SMILES string of the molecule is COc1cccc(NC(=O)COc2ccc(S(=O)(=O)Nc3ccc(C)cc3)cc2)c1. The molecule has 0 aliphatic heterocycles. The lowest BCUT2D eigenvalue weighted by molar-refractivity contribution is -0.118. The zero-order valence-corrected chi connectivity index (χ0v) is 17.4. The number of benzene rings is 3. The molecule has 3 rings (SSSR count). The fourth-order valence-electron chi connectivity index (χ4n) is 2.60. The summed E-state index contributed by atoms with van der Waals surface area (Å²) in [6.07, 6.45) is 0. The first kappa shape index (κ1) is 21.2. The van der Waals surface area contributed by atoms with E-state index in [1.165, 1.54) is 24.3 Å². The fraction of sp³-hybridized carbons (Fsp3) is 0.136. The summed E-state index contributed by atoms with van der Waals surface area (Å²) in [5, 5.41) is 2.70. The first-order valence-corrected chi connectivity index (χ1v) is 10.6. The van der Waals surface area contributed by atoms with Gasteiger partial charge in [-0.1, -0.05) is 23.8 Å². The number of methoxy groups -OCH3 is 1. The highest BCUT2D eigenvalue weighted by atomic mass is 32.2. The average molecular weight is 426 g/mol. The van der Waals surface area contributed by atoms with Gasteiger partial charge in [-0.3, -0.25) is 9.52 Å². The van der Waals surface area contributed by atoms with E-state index in [1.54, 1.807) is 43.5 Å². The third kappa shape index (κ3) is 5.74. The number of nitrogens with one attached hydrogen (secondary N) is 2. The molecule has 0 aromatic heterocycles. The molecule has 8 heteroatoms. The van der Waals surface area contributed by atoms with E-state index in [0.717, 1.165) is 5.56 Å². The van der Waals surface area contributed by atoms with Crippen molar-refractivity contribution < 1.29 is 22.7 Å². The van der Waals surface area contributed by atoms with Gasteiger partial charge in [0.2, 0.25) is 0 Å². The normalized spacial score (nSPS) is 10.9. The van der Waals surface area contributed by atoms with Gasteiger partial charge in [0.15, 0.2) is 6.61 Å². The van der Waals surface area contributed by atoms with E-state index < -0.39 is 10.0 Å². The summed E-state index contributed by atoms with van der Waals surface area (Å²) < 4.78 is 38.1. The molecule has 3 aromatic rings. The summed E-state index contributed by atoms with van der Waals surface area (Å²) >= 11 is 0. The van der Waals surface area contributed by atoms with E-state index in [4.69, 9.17) is 9.47 Å². The van der Waals surface area contributed by atoms with Crippen molar-refractivity contribution in [1.29, 1.82) is 0 Å². The van der Waals surface area contributed by atoms with Crippen molar-refractivity contribution in [2.75, 3.05) is 23.8 Å². The molecule has 0 bridgehead atoms. The molecule has 0 spiro atoms. The van der Waals surface area contributed by atoms with E-state index in [1.807, 2.05) is 19.1 Å². The van der Waals surface area contributed by atoms with Crippen LogP contribution in [0, 0.1) is 6.92 Å². The second-order valence-corrected chi connectivity index (χ2v) is 8.19. The highest BCUT2D eigenvalue weighted by Gasteiger charge is 2.14. The second kappa shape index (κ2) is 9.32. The topological polar surface area (TPSA) is 93.7 Å². The molecule has 0 saturated carbocycles. The number of carbonyl (C=O) groups excluding carboxylic acids is 1. The number of ether oxygens (including phenoxy) is 2. The van der Waals surface area contributed by atoms with Gasteiger partial charge in [-0.25, -0.2) is 8.42 Å². The Morgan fingerprint density at radius 1 is 0.900 bits per heavy atom. The Morgan fingerprint density at radius 3 is 2.27 bits per heavy atom. The Balaban J connectivity index is 1.57. The summed E-state index contributed by atoms with van der Waals surface area (Å²) in [6, 6.07) is 19.9. The molecule has 2 N–H and O–H groups in total. The standard InChI is InChI=1S/C22H22N2O5S/c1-16-6-8-17(9-7-16)24-30(26,27)21-12-10-19(11-13-21)29-15-22(25)23-18-4-3-5-20(14-18)28-2/h3-14,24H,15H2,1-2H3,(H,23,25). The van der Waals surface area contributed by atoms with Crippen LogP contribution in [0.15, 0.2) is 77.7 Å². The predicted octanol–water partition coefficient (Wildman–Crippen LogP) is 3.82. The summed E-state index contributed by atoms with van der Waals surface area (Å²) in [7, 11) is -2.17. The smallest absolute Gasteiger partial charge is 0.262 e. The molecule has 0 saturated heterocycles. The van der Waals surface area contributed by atoms with Gasteiger partial charge in [-0.15, -0.1) is 0 Å². The number of hydrogen-bond acceptors (Lipinski definition) is 5. The summed E-state index contributed by atoms with van der Waals surface area (Å²) in [6.45, 7) is 1.71. The van der Waals surface area contributed by atoms with Crippen molar-refractivity contribution in [2.24, 2.45) is 0 Å². The van der Waals surface area contributed by atoms with Crippen molar-refractivity contribution in [2.45, 2.75) is 11.8 Å². The van der Waals surface area contributed by atoms with Gasteiger partial charge in [-0.2, -0.15) is 0 Å². The lowest BCUT2D eigenvalue weighted by atomic mass is 10.2. The Hall–Kier alpha value is -3.52. The Bertz CT molecular complexity index is 1110. The van der Waals surface area contributed by atoms with Crippen LogP contribution in [-0.2, 0) is 14.8 Å². The highest BCUT2D eigenvalue weighted by Crippen LogP contribution is 2.20. The van der Waals surface area contributed by atoms with Crippen LogP contribution >= 0.6 is 0 Å². The van der Waals surface area contributed by atoms with E-state index in [9.17, 15) is 13.2 Å². The first-order valence-electron chi connectivity index (χ1n) is 9.12. The van der Waals surface area contributed by atoms with Crippen LogP contribution in [0.1, 0.15) is 5.56 Å². The second-order valence-electron chi connectivity index (χ2n) is 6.51. The molecule has 0 fully saturated rings. The maximum atomic E-state index is 12.5. The van der Waals surface area contributed by atoms with Crippen LogP contribution in [0.3, 0.4) is 0 Å². The van der Waals surface area contributed by atoms with Gasteiger partial charge in [0.05, 0.1) is 12.0 Å². The molecule has 7 nitrogen and oxygen atoms in total. The number of hydrogen-bond donors (Lipinski definition) is 2. The van der Waals surface area contributed by atoms with Gasteiger partial charge in [-0.05, 0) is 55.5 Å². The van der Waals surface area contributed by atoms with Crippen molar-refractivity contribution in [3.63, 3.8) is 0 Å². The van der Waals surface area contributed by atoms with Gasteiger partial charge >= 0.3 is 0 Å². The summed E-state index contributed by atoms with van der Waals surface area (Å²) in [5.41, 5.74) is 2.11. The van der Waals surface area contributed by atoms with Crippen LogP contribution in [0.25, 0.3) is 0 Å². The molecule has 30 heavy (non-hydrogen) atoms. The molecule has 0 atom stereocenters. The fourth-order valence-corrected chi connectivity index (χ4v) is 3.66. The van der Waals surface area contributed by atoms with E-state index in [0.29, 0.717) is 22.9 Å². The summed E-state index contributed by atoms with van der Waals surface area (Å²) in [5.74, 6) is 0.663. The Labute approximate surface area is 175 Å². The predicted molar refractivity (Wildman–Crippen MR) is 116 cm³/mol. The number of anilines is 2. The minimum Gasteiger partial charge on any atom is -0.497 e. The third-order valence-corrected chi connectivity index (χ3v) is 5.56. The average Bonchev–Trinajstić information content (AvgIpc) is 2.74. The molecule has 0 radical (unpaired) electrons. The lowest BCUT2D eigenvalue weighted by Crippen LogP contribution is -2.20. The molecule has 156 valence electrons. The van der Waals surface area contributed by atoms with Gasteiger partial charge in [0.25, 0.3) is 15.9 Å². The zero-order chi connectivity index (χ0) is 21.6. The molecule has 0 heterocycles. The number of carbonyl (C=O) groups is 1. The van der Waals surface area contributed by atoms with Gasteiger partial charge < -0.3 is 14.8 Å².